The summed E-state index contributed by atoms with van der Waals surface area (Å²) in [5.74, 6) is 0.0377. The van der Waals surface area contributed by atoms with E-state index in [4.69, 9.17) is 9.47 Å². The van der Waals surface area contributed by atoms with Crippen molar-refractivity contribution < 1.29 is 19.1 Å². The molecule has 2 rings (SSSR count). The predicted molar refractivity (Wildman–Crippen MR) is 105 cm³/mol. The van der Waals surface area contributed by atoms with Crippen molar-refractivity contribution >= 4 is 38.3 Å². The second-order valence-electron chi connectivity index (χ2n) is 5.72. The third kappa shape index (κ3) is 4.74. The number of amides is 1. The first-order valence-corrected chi connectivity index (χ1v) is 9.68. The zero-order valence-corrected chi connectivity index (χ0v) is 16.6. The lowest BCUT2D eigenvalue weighted by atomic mass is 10.1. The number of likely N-dealkylation sites (N-methyl/N-ethyl adjacent to an activating group) is 1. The van der Waals surface area contributed by atoms with Gasteiger partial charge < -0.3 is 19.7 Å². The molecule has 1 aromatic heterocycles. The molecule has 0 aliphatic carbocycles. The lowest BCUT2D eigenvalue weighted by molar-refractivity contribution is -0.114. The number of carbonyl (C=O) groups is 2. The quantitative estimate of drug-likeness (QED) is 0.673. The van der Waals surface area contributed by atoms with Crippen LogP contribution in [0.15, 0.2) is 18.2 Å². The third-order valence-electron chi connectivity index (χ3n) is 4.01. The van der Waals surface area contributed by atoms with Crippen molar-refractivity contribution in [2.24, 2.45) is 0 Å². The first kappa shape index (κ1) is 20.2. The fourth-order valence-electron chi connectivity index (χ4n) is 2.69. The summed E-state index contributed by atoms with van der Waals surface area (Å²) in [4.78, 5) is 26.2. The molecular weight excluding hydrogens is 352 g/mol. The Balaban J connectivity index is 2.35. The van der Waals surface area contributed by atoms with Crippen molar-refractivity contribution in [2.75, 3.05) is 38.2 Å². The molecule has 0 saturated carbocycles. The molecular formula is C19H26N2O4S. The number of ether oxygens (including phenoxy) is 2. The second kappa shape index (κ2) is 9.54. The maximum absolute atomic E-state index is 12.4. The smallest absolute Gasteiger partial charge is 0.341 e. The van der Waals surface area contributed by atoms with E-state index < -0.39 is 5.97 Å². The summed E-state index contributed by atoms with van der Waals surface area (Å²) in [6.45, 7) is 11.0. The first-order valence-electron chi connectivity index (χ1n) is 8.87. The Bertz CT molecular complexity index is 768. The monoisotopic (exact) mass is 378 g/mol. The Morgan fingerprint density at radius 2 is 1.92 bits per heavy atom. The number of esters is 1. The molecule has 0 spiro atoms. The van der Waals surface area contributed by atoms with Gasteiger partial charge in [0.05, 0.1) is 11.3 Å². The molecule has 26 heavy (non-hydrogen) atoms. The van der Waals surface area contributed by atoms with Crippen molar-refractivity contribution in [3.8, 4) is 5.75 Å². The molecule has 1 aromatic carbocycles. The molecule has 1 N–H and O–H groups in total. The highest BCUT2D eigenvalue weighted by Crippen LogP contribution is 2.41. The normalized spacial score (nSPS) is 11.0. The fraction of sp³-hybridized carbons (Fsp3) is 0.474. The van der Waals surface area contributed by atoms with Gasteiger partial charge in [0.2, 0.25) is 5.91 Å². The van der Waals surface area contributed by atoms with E-state index in [0.29, 0.717) is 22.9 Å². The second-order valence-corrected chi connectivity index (χ2v) is 6.74. The predicted octanol–water partition coefficient (Wildman–Crippen LogP) is 3.76. The summed E-state index contributed by atoms with van der Waals surface area (Å²) in [7, 11) is 0. The van der Waals surface area contributed by atoms with Gasteiger partial charge in [-0.3, -0.25) is 4.79 Å². The van der Waals surface area contributed by atoms with Crippen LogP contribution >= 0.6 is 11.3 Å². The number of rotatable bonds is 9. The number of anilines is 1. The van der Waals surface area contributed by atoms with Gasteiger partial charge in [-0.1, -0.05) is 26.0 Å². The summed E-state index contributed by atoms with van der Waals surface area (Å²) < 4.78 is 12.0. The number of nitrogens with zero attached hydrogens (tertiary/aromatic N) is 1. The molecule has 2 aromatic rings. The van der Waals surface area contributed by atoms with Gasteiger partial charge in [0.25, 0.3) is 0 Å². The van der Waals surface area contributed by atoms with Crippen molar-refractivity contribution in [3.05, 3.63) is 23.8 Å². The Labute approximate surface area is 158 Å². The maximum Gasteiger partial charge on any atom is 0.341 e. The Hall–Kier alpha value is -2.12. The van der Waals surface area contributed by atoms with Crippen LogP contribution in [0.2, 0.25) is 0 Å². The van der Waals surface area contributed by atoms with Crippen LogP contribution in [0.1, 0.15) is 38.1 Å². The van der Waals surface area contributed by atoms with Crippen molar-refractivity contribution in [1.29, 1.82) is 0 Å². The summed E-state index contributed by atoms with van der Waals surface area (Å²) in [6, 6.07) is 5.58. The minimum absolute atomic E-state index is 0.230. The lowest BCUT2D eigenvalue weighted by Gasteiger charge is -2.18. The molecule has 1 heterocycles. The number of thiophene rings is 1. The molecule has 1 amide bonds. The van der Waals surface area contributed by atoms with Crippen LogP contribution in [-0.2, 0) is 9.53 Å². The molecule has 0 bridgehead atoms. The third-order valence-corrected chi connectivity index (χ3v) is 5.14. The van der Waals surface area contributed by atoms with E-state index in [1.54, 1.807) is 6.92 Å². The van der Waals surface area contributed by atoms with Gasteiger partial charge in [-0.25, -0.2) is 4.79 Å². The van der Waals surface area contributed by atoms with E-state index in [1.165, 1.54) is 18.3 Å². The zero-order valence-electron chi connectivity index (χ0n) is 15.8. The molecule has 142 valence electrons. The van der Waals surface area contributed by atoms with Crippen molar-refractivity contribution in [1.82, 2.24) is 4.90 Å². The molecule has 0 aliphatic rings. The van der Waals surface area contributed by atoms with Crippen molar-refractivity contribution in [2.45, 2.75) is 27.7 Å². The van der Waals surface area contributed by atoms with Gasteiger partial charge in [-0.15, -0.1) is 11.3 Å². The molecule has 7 heteroatoms. The molecule has 0 fully saturated rings. The van der Waals surface area contributed by atoms with Gasteiger partial charge in [-0.2, -0.15) is 0 Å². The summed E-state index contributed by atoms with van der Waals surface area (Å²) in [5.41, 5.74) is 0.385. The number of hydrogen-bond donors (Lipinski definition) is 1. The van der Waals surface area contributed by atoms with E-state index in [0.717, 1.165) is 29.7 Å². The van der Waals surface area contributed by atoms with Crippen LogP contribution in [0.3, 0.4) is 0 Å². The number of hydrogen-bond acceptors (Lipinski definition) is 6. The summed E-state index contributed by atoms with van der Waals surface area (Å²) in [6.07, 6.45) is 0. The average Bonchev–Trinajstić information content (AvgIpc) is 2.97. The van der Waals surface area contributed by atoms with E-state index in [1.807, 2.05) is 18.2 Å². The van der Waals surface area contributed by atoms with Gasteiger partial charge in [-0.05, 0) is 26.1 Å². The van der Waals surface area contributed by atoms with Gasteiger partial charge in [0.1, 0.15) is 22.9 Å². The standard InChI is InChI=1S/C19H26N2O4S/c1-5-21(6-2)11-12-25-15-10-8-9-14-16(19(23)24-7-3)18(20-13(4)22)26-17(14)15/h8-10H,5-7,11-12H2,1-4H3,(H,20,22). The van der Waals surface area contributed by atoms with Crippen LogP contribution in [0, 0.1) is 0 Å². The van der Waals surface area contributed by atoms with Gasteiger partial charge in [0.15, 0.2) is 0 Å². The van der Waals surface area contributed by atoms with Gasteiger partial charge in [0, 0.05) is 18.9 Å². The largest absolute Gasteiger partial charge is 0.491 e. The lowest BCUT2D eigenvalue weighted by Crippen LogP contribution is -2.27. The highest BCUT2D eigenvalue weighted by molar-refractivity contribution is 7.23. The topological polar surface area (TPSA) is 67.9 Å². The number of carbonyl (C=O) groups excluding carboxylic acids is 2. The molecule has 0 atom stereocenters. The Kier molecular flexibility index (Phi) is 7.41. The molecule has 0 aliphatic heterocycles. The number of nitrogens with one attached hydrogen (secondary N) is 1. The Morgan fingerprint density at radius 1 is 1.19 bits per heavy atom. The van der Waals surface area contributed by atoms with Crippen LogP contribution in [0.5, 0.6) is 5.75 Å². The minimum atomic E-state index is -0.442. The van der Waals surface area contributed by atoms with E-state index >= 15 is 0 Å². The maximum atomic E-state index is 12.4. The molecule has 0 radical (unpaired) electrons. The molecule has 6 nitrogen and oxygen atoms in total. The molecule has 0 saturated heterocycles. The molecule has 0 unspecified atom stereocenters. The van der Waals surface area contributed by atoms with E-state index in [2.05, 4.69) is 24.1 Å². The average molecular weight is 378 g/mol. The van der Waals surface area contributed by atoms with E-state index in [-0.39, 0.29) is 12.5 Å². The Morgan fingerprint density at radius 3 is 2.54 bits per heavy atom. The first-order chi connectivity index (χ1) is 12.5. The van der Waals surface area contributed by atoms with Gasteiger partial charge >= 0.3 is 5.97 Å². The number of fused-ring (bicyclic) bond motifs is 1. The summed E-state index contributed by atoms with van der Waals surface area (Å²) >= 11 is 1.33. The highest BCUT2D eigenvalue weighted by Gasteiger charge is 2.22. The van der Waals surface area contributed by atoms with Crippen LogP contribution in [-0.4, -0.2) is 49.6 Å². The van der Waals surface area contributed by atoms with E-state index in [9.17, 15) is 9.59 Å². The highest BCUT2D eigenvalue weighted by atomic mass is 32.1. The zero-order chi connectivity index (χ0) is 19.1. The van der Waals surface area contributed by atoms with Crippen LogP contribution in [0.25, 0.3) is 10.1 Å². The fourth-order valence-corrected chi connectivity index (χ4v) is 3.89. The number of benzene rings is 1. The van der Waals surface area contributed by atoms with Crippen LogP contribution < -0.4 is 10.1 Å². The minimum Gasteiger partial charge on any atom is -0.491 e. The van der Waals surface area contributed by atoms with Crippen molar-refractivity contribution in [3.63, 3.8) is 0 Å². The SMILES string of the molecule is CCOC(=O)c1c(NC(C)=O)sc2c(OCCN(CC)CC)cccc12. The van der Waals surface area contributed by atoms with Crippen LogP contribution in [0.4, 0.5) is 5.00 Å². The summed E-state index contributed by atoms with van der Waals surface area (Å²) in [5, 5.41) is 3.96.